The van der Waals surface area contributed by atoms with Crippen molar-refractivity contribution in [2.75, 3.05) is 13.7 Å². The van der Waals surface area contributed by atoms with Crippen LogP contribution >= 0.6 is 0 Å². The van der Waals surface area contributed by atoms with Crippen LogP contribution in [-0.4, -0.2) is 18.6 Å². The minimum Gasteiger partial charge on any atom is -0.481 e. The molecular formula is C9H10N2O. The number of nitrogens with two attached hydrogens (primary N) is 1. The Labute approximate surface area is 71.6 Å². The highest BCUT2D eigenvalue weighted by molar-refractivity contribution is 5.36. The van der Waals surface area contributed by atoms with Crippen LogP contribution in [0.15, 0.2) is 18.3 Å². The topological polar surface area (TPSA) is 48.1 Å². The summed E-state index contributed by atoms with van der Waals surface area (Å²) < 4.78 is 4.92. The highest BCUT2D eigenvalue weighted by Crippen LogP contribution is 2.06. The van der Waals surface area contributed by atoms with Crippen LogP contribution in [0.5, 0.6) is 5.88 Å². The third kappa shape index (κ3) is 2.26. The molecule has 3 nitrogen and oxygen atoms in total. The predicted molar refractivity (Wildman–Crippen MR) is 46.7 cm³/mol. The molecule has 0 aliphatic heterocycles. The highest BCUT2D eigenvalue weighted by atomic mass is 16.5. The van der Waals surface area contributed by atoms with Crippen LogP contribution < -0.4 is 10.5 Å². The van der Waals surface area contributed by atoms with Gasteiger partial charge in [-0.1, -0.05) is 11.8 Å². The molecule has 0 spiro atoms. The lowest BCUT2D eigenvalue weighted by Crippen LogP contribution is -1.93. The zero-order chi connectivity index (χ0) is 8.81. The Hall–Kier alpha value is -1.53. The van der Waals surface area contributed by atoms with E-state index in [1.165, 1.54) is 0 Å². The molecule has 0 atom stereocenters. The van der Waals surface area contributed by atoms with Gasteiger partial charge in [-0.15, -0.1) is 0 Å². The molecule has 2 N–H and O–H groups in total. The number of ether oxygens (including phenoxy) is 1. The Morgan fingerprint density at radius 3 is 3.17 bits per heavy atom. The molecule has 12 heavy (non-hydrogen) atoms. The van der Waals surface area contributed by atoms with Gasteiger partial charge in [0.2, 0.25) is 5.88 Å². The number of nitrogens with zero attached hydrogens (tertiary/aromatic N) is 1. The first-order chi connectivity index (χ1) is 5.86. The molecule has 0 amide bonds. The number of aromatic nitrogens is 1. The van der Waals surface area contributed by atoms with Crippen molar-refractivity contribution < 1.29 is 4.74 Å². The molecule has 0 unspecified atom stereocenters. The van der Waals surface area contributed by atoms with Crippen molar-refractivity contribution in [3.05, 3.63) is 23.9 Å². The van der Waals surface area contributed by atoms with Gasteiger partial charge in [0.1, 0.15) is 0 Å². The molecule has 1 rings (SSSR count). The smallest absolute Gasteiger partial charge is 0.214 e. The van der Waals surface area contributed by atoms with Crippen LogP contribution in [0.25, 0.3) is 0 Å². The van der Waals surface area contributed by atoms with E-state index in [4.69, 9.17) is 10.5 Å². The van der Waals surface area contributed by atoms with Gasteiger partial charge in [-0.3, -0.25) is 0 Å². The summed E-state index contributed by atoms with van der Waals surface area (Å²) in [5.41, 5.74) is 6.09. The van der Waals surface area contributed by atoms with Gasteiger partial charge in [0.05, 0.1) is 13.7 Å². The summed E-state index contributed by atoms with van der Waals surface area (Å²) in [4.78, 5) is 3.94. The van der Waals surface area contributed by atoms with E-state index in [9.17, 15) is 0 Å². The van der Waals surface area contributed by atoms with Crippen molar-refractivity contribution >= 4 is 0 Å². The van der Waals surface area contributed by atoms with Crippen molar-refractivity contribution in [2.45, 2.75) is 0 Å². The van der Waals surface area contributed by atoms with Gasteiger partial charge >= 0.3 is 0 Å². The fourth-order valence-corrected chi connectivity index (χ4v) is 0.752. The van der Waals surface area contributed by atoms with Crippen molar-refractivity contribution in [3.63, 3.8) is 0 Å². The van der Waals surface area contributed by atoms with Crippen LogP contribution in [0.4, 0.5) is 0 Å². The lowest BCUT2D eigenvalue weighted by Gasteiger charge is -1.96. The average Bonchev–Trinajstić information content (AvgIpc) is 2.15. The van der Waals surface area contributed by atoms with E-state index in [0.717, 1.165) is 5.56 Å². The summed E-state index contributed by atoms with van der Waals surface area (Å²) in [6.45, 7) is 0.366. The van der Waals surface area contributed by atoms with E-state index in [1.807, 2.05) is 6.07 Å². The minimum absolute atomic E-state index is 0.366. The van der Waals surface area contributed by atoms with Crippen molar-refractivity contribution in [1.82, 2.24) is 4.98 Å². The Kier molecular flexibility index (Phi) is 3.12. The molecular weight excluding hydrogens is 152 g/mol. The van der Waals surface area contributed by atoms with Crippen LogP contribution in [0.3, 0.4) is 0 Å². The number of hydrogen-bond acceptors (Lipinski definition) is 3. The summed E-state index contributed by atoms with van der Waals surface area (Å²) in [5, 5.41) is 0. The standard InChI is InChI=1S/C9H10N2O/c1-12-9-7-8(3-2-5-10)4-6-11-9/h4,6-7H,5,10H2,1H3. The van der Waals surface area contributed by atoms with Crippen molar-refractivity contribution in [2.24, 2.45) is 5.73 Å². The number of rotatable bonds is 1. The first-order valence-electron chi connectivity index (χ1n) is 3.56. The molecule has 0 fully saturated rings. The monoisotopic (exact) mass is 162 g/mol. The zero-order valence-electron chi connectivity index (χ0n) is 6.87. The highest BCUT2D eigenvalue weighted by Gasteiger charge is 1.91. The second-order valence-electron chi connectivity index (χ2n) is 2.09. The second kappa shape index (κ2) is 4.37. The number of pyridine rings is 1. The van der Waals surface area contributed by atoms with E-state index in [-0.39, 0.29) is 0 Å². The molecule has 0 saturated heterocycles. The lowest BCUT2D eigenvalue weighted by molar-refractivity contribution is 0.398. The van der Waals surface area contributed by atoms with Crippen molar-refractivity contribution in [1.29, 1.82) is 0 Å². The molecule has 3 heteroatoms. The number of hydrogen-bond donors (Lipinski definition) is 1. The Morgan fingerprint density at radius 2 is 2.50 bits per heavy atom. The Bertz CT molecular complexity index is 312. The SMILES string of the molecule is COc1cc(C#CCN)ccn1. The molecule has 0 radical (unpaired) electrons. The van der Waals surface area contributed by atoms with E-state index in [0.29, 0.717) is 12.4 Å². The predicted octanol–water partition coefficient (Wildman–Crippen LogP) is 0.400. The molecule has 0 aliphatic rings. The summed E-state index contributed by atoms with van der Waals surface area (Å²) in [6, 6.07) is 3.58. The van der Waals surface area contributed by atoms with E-state index in [2.05, 4.69) is 16.8 Å². The maximum Gasteiger partial charge on any atom is 0.214 e. The third-order valence-electron chi connectivity index (χ3n) is 1.28. The van der Waals surface area contributed by atoms with Gasteiger partial charge in [0, 0.05) is 17.8 Å². The summed E-state index contributed by atoms with van der Waals surface area (Å²) in [5.74, 6) is 6.20. The minimum atomic E-state index is 0.366. The van der Waals surface area contributed by atoms with Crippen LogP contribution in [-0.2, 0) is 0 Å². The van der Waals surface area contributed by atoms with Gasteiger partial charge in [0.25, 0.3) is 0 Å². The maximum absolute atomic E-state index is 5.23. The lowest BCUT2D eigenvalue weighted by atomic mass is 10.3. The third-order valence-corrected chi connectivity index (χ3v) is 1.28. The molecule has 0 saturated carbocycles. The molecule has 1 heterocycles. The molecule has 0 bridgehead atoms. The van der Waals surface area contributed by atoms with Gasteiger partial charge in [-0.05, 0) is 6.07 Å². The van der Waals surface area contributed by atoms with Gasteiger partial charge in [-0.25, -0.2) is 4.98 Å². The fourth-order valence-electron chi connectivity index (χ4n) is 0.752. The van der Waals surface area contributed by atoms with E-state index >= 15 is 0 Å². The Balaban J connectivity index is 2.86. The summed E-state index contributed by atoms with van der Waals surface area (Å²) in [6.07, 6.45) is 1.65. The quantitative estimate of drug-likeness (QED) is 0.608. The molecule has 0 aromatic carbocycles. The maximum atomic E-state index is 5.23. The van der Waals surface area contributed by atoms with E-state index in [1.54, 1.807) is 19.4 Å². The zero-order valence-corrected chi connectivity index (χ0v) is 6.87. The summed E-state index contributed by atoms with van der Waals surface area (Å²) >= 11 is 0. The van der Waals surface area contributed by atoms with Crippen LogP contribution in [0, 0.1) is 11.8 Å². The fraction of sp³-hybridized carbons (Fsp3) is 0.222. The Morgan fingerprint density at radius 1 is 1.67 bits per heavy atom. The molecule has 1 aromatic heterocycles. The van der Waals surface area contributed by atoms with Crippen molar-refractivity contribution in [3.8, 4) is 17.7 Å². The van der Waals surface area contributed by atoms with E-state index < -0.39 is 0 Å². The normalized spacial score (nSPS) is 8.50. The van der Waals surface area contributed by atoms with Gasteiger partial charge in [0.15, 0.2) is 0 Å². The molecule has 62 valence electrons. The van der Waals surface area contributed by atoms with Gasteiger partial charge < -0.3 is 10.5 Å². The molecule has 0 aliphatic carbocycles. The first kappa shape index (κ1) is 8.57. The molecule has 1 aromatic rings. The van der Waals surface area contributed by atoms with Gasteiger partial charge in [-0.2, -0.15) is 0 Å². The van der Waals surface area contributed by atoms with Crippen LogP contribution in [0.2, 0.25) is 0 Å². The average molecular weight is 162 g/mol. The summed E-state index contributed by atoms with van der Waals surface area (Å²) in [7, 11) is 1.57. The second-order valence-corrected chi connectivity index (χ2v) is 2.09. The number of methoxy groups -OCH3 is 1. The van der Waals surface area contributed by atoms with Crippen LogP contribution in [0.1, 0.15) is 5.56 Å². The largest absolute Gasteiger partial charge is 0.481 e. The first-order valence-corrected chi connectivity index (χ1v) is 3.56.